The van der Waals surface area contributed by atoms with Crippen LogP contribution in [0.1, 0.15) is 55.9 Å². The lowest BCUT2D eigenvalue weighted by Crippen LogP contribution is -2.39. The van der Waals surface area contributed by atoms with E-state index in [2.05, 4.69) is 4.74 Å². The molecule has 8 heteroatoms. The molecule has 5 nitrogen and oxygen atoms in total. The summed E-state index contributed by atoms with van der Waals surface area (Å²) >= 11 is 0. The van der Waals surface area contributed by atoms with Crippen molar-refractivity contribution >= 4 is 5.97 Å². The molecule has 0 N–H and O–H groups in total. The fraction of sp³-hybridized carbons (Fsp3) is 0.480. The quantitative estimate of drug-likeness (QED) is 0.418. The van der Waals surface area contributed by atoms with Crippen LogP contribution in [0, 0.1) is 12.8 Å². The largest absolute Gasteiger partial charge is 0.573 e. The molecule has 1 aliphatic rings. The van der Waals surface area contributed by atoms with Crippen LogP contribution in [0.2, 0.25) is 0 Å². The van der Waals surface area contributed by atoms with Crippen molar-refractivity contribution in [3.63, 3.8) is 0 Å². The first-order valence-electron chi connectivity index (χ1n) is 10.8. The first-order chi connectivity index (χ1) is 15.4. The molecule has 3 unspecified atom stereocenters. The Hall–Kier alpha value is -2.74. The number of rotatable bonds is 9. The zero-order valence-electron chi connectivity index (χ0n) is 19.4. The van der Waals surface area contributed by atoms with Crippen molar-refractivity contribution in [2.45, 2.75) is 58.1 Å². The van der Waals surface area contributed by atoms with Gasteiger partial charge in [0.25, 0.3) is 0 Å². The van der Waals surface area contributed by atoms with Crippen LogP contribution in [-0.4, -0.2) is 31.6 Å². The van der Waals surface area contributed by atoms with E-state index in [9.17, 15) is 18.0 Å². The zero-order chi connectivity index (χ0) is 24.4. The third-order valence-electron chi connectivity index (χ3n) is 5.68. The molecule has 0 aliphatic heterocycles. The standard InChI is InChI=1S/C25H29F3O5/c1-6-31-23(29)24(3,4)33-21-12-9-17(13-15(21)2)19-14-20(19)22(30-5)16-7-10-18(11-8-16)32-25(26,27)28/h7-13,19-20,22H,6,14H2,1-5H3. The number of aryl methyl sites for hydroxylation is 1. The Bertz CT molecular complexity index is 969. The summed E-state index contributed by atoms with van der Waals surface area (Å²) in [7, 11) is 1.60. The summed E-state index contributed by atoms with van der Waals surface area (Å²) in [5, 5.41) is 0. The fourth-order valence-electron chi connectivity index (χ4n) is 3.99. The highest BCUT2D eigenvalue weighted by atomic mass is 19.4. The predicted molar refractivity (Wildman–Crippen MR) is 116 cm³/mol. The number of hydrogen-bond acceptors (Lipinski definition) is 5. The van der Waals surface area contributed by atoms with Crippen LogP contribution in [0.15, 0.2) is 42.5 Å². The highest BCUT2D eigenvalue weighted by molar-refractivity contribution is 5.79. The lowest BCUT2D eigenvalue weighted by atomic mass is 9.99. The zero-order valence-corrected chi connectivity index (χ0v) is 19.4. The van der Waals surface area contributed by atoms with Gasteiger partial charge in [-0.2, -0.15) is 0 Å². The van der Waals surface area contributed by atoms with Crippen molar-refractivity contribution in [1.29, 1.82) is 0 Å². The Labute approximate surface area is 191 Å². The molecule has 0 spiro atoms. The van der Waals surface area contributed by atoms with Gasteiger partial charge in [-0.25, -0.2) is 4.79 Å². The predicted octanol–water partition coefficient (Wildman–Crippen LogP) is 6.11. The number of halogens is 3. The van der Waals surface area contributed by atoms with E-state index in [-0.39, 0.29) is 30.3 Å². The first kappa shape index (κ1) is 24.9. The maximum Gasteiger partial charge on any atom is 0.573 e. The van der Waals surface area contributed by atoms with Crippen molar-refractivity contribution in [1.82, 2.24) is 0 Å². The van der Waals surface area contributed by atoms with E-state index in [4.69, 9.17) is 14.2 Å². The SMILES string of the molecule is CCOC(=O)C(C)(C)Oc1ccc(C2CC2C(OC)c2ccc(OC(F)(F)F)cc2)cc1C. The highest BCUT2D eigenvalue weighted by Crippen LogP contribution is 2.55. The lowest BCUT2D eigenvalue weighted by Gasteiger charge is -2.25. The van der Waals surface area contributed by atoms with Crippen molar-refractivity contribution in [3.05, 3.63) is 59.2 Å². The fourth-order valence-corrected chi connectivity index (χ4v) is 3.99. The minimum Gasteiger partial charge on any atom is -0.476 e. The topological polar surface area (TPSA) is 54.0 Å². The lowest BCUT2D eigenvalue weighted by molar-refractivity contribution is -0.274. The third kappa shape index (κ3) is 6.19. The van der Waals surface area contributed by atoms with Gasteiger partial charge in [0.05, 0.1) is 12.7 Å². The van der Waals surface area contributed by atoms with E-state index in [1.807, 2.05) is 25.1 Å². The summed E-state index contributed by atoms with van der Waals surface area (Å²) in [6.07, 6.45) is -4.06. The van der Waals surface area contributed by atoms with Gasteiger partial charge < -0.3 is 18.9 Å². The van der Waals surface area contributed by atoms with E-state index in [0.29, 0.717) is 5.75 Å². The van der Waals surface area contributed by atoms with E-state index in [1.54, 1.807) is 40.0 Å². The number of esters is 1. The Kier molecular flexibility index (Phi) is 7.26. The second-order valence-electron chi connectivity index (χ2n) is 8.64. The Morgan fingerprint density at radius 3 is 2.30 bits per heavy atom. The molecule has 1 aliphatic carbocycles. The molecular weight excluding hydrogens is 437 g/mol. The number of benzene rings is 2. The van der Waals surface area contributed by atoms with E-state index in [0.717, 1.165) is 23.1 Å². The van der Waals surface area contributed by atoms with Gasteiger partial charge >= 0.3 is 12.3 Å². The molecule has 0 saturated heterocycles. The van der Waals surface area contributed by atoms with Crippen LogP contribution in [-0.2, 0) is 14.3 Å². The number of carbonyl (C=O) groups is 1. The molecule has 33 heavy (non-hydrogen) atoms. The average Bonchev–Trinajstić information content (AvgIpc) is 3.51. The molecule has 2 aromatic rings. The molecule has 3 atom stereocenters. The summed E-state index contributed by atoms with van der Waals surface area (Å²) in [4.78, 5) is 12.1. The van der Waals surface area contributed by atoms with Crippen molar-refractivity contribution in [3.8, 4) is 11.5 Å². The van der Waals surface area contributed by atoms with Crippen LogP contribution in [0.4, 0.5) is 13.2 Å². The Morgan fingerprint density at radius 2 is 1.76 bits per heavy atom. The van der Waals surface area contributed by atoms with Crippen LogP contribution < -0.4 is 9.47 Å². The van der Waals surface area contributed by atoms with E-state index >= 15 is 0 Å². The number of hydrogen-bond donors (Lipinski definition) is 0. The van der Waals surface area contributed by atoms with Gasteiger partial charge in [0.1, 0.15) is 11.5 Å². The first-order valence-corrected chi connectivity index (χ1v) is 10.8. The number of carbonyl (C=O) groups excluding carboxylic acids is 1. The summed E-state index contributed by atoms with van der Waals surface area (Å²) in [6.45, 7) is 7.29. The second-order valence-corrected chi connectivity index (χ2v) is 8.64. The van der Waals surface area contributed by atoms with Gasteiger partial charge in [-0.05, 0) is 80.8 Å². The molecule has 180 valence electrons. The number of ether oxygens (including phenoxy) is 4. The molecule has 0 radical (unpaired) electrons. The van der Waals surface area contributed by atoms with Crippen molar-refractivity contribution in [2.75, 3.05) is 13.7 Å². The summed E-state index contributed by atoms with van der Waals surface area (Å²) in [5.41, 5.74) is 1.72. The third-order valence-corrected chi connectivity index (χ3v) is 5.68. The van der Waals surface area contributed by atoms with Crippen LogP contribution in [0.25, 0.3) is 0 Å². The van der Waals surface area contributed by atoms with Crippen LogP contribution in [0.5, 0.6) is 11.5 Å². The Balaban J connectivity index is 1.68. The second kappa shape index (κ2) is 9.63. The maximum absolute atomic E-state index is 12.4. The number of methoxy groups -OCH3 is 1. The smallest absolute Gasteiger partial charge is 0.476 e. The molecule has 1 fully saturated rings. The van der Waals surface area contributed by atoms with Gasteiger partial charge in [-0.15, -0.1) is 13.2 Å². The van der Waals surface area contributed by atoms with Gasteiger partial charge in [0.2, 0.25) is 0 Å². The maximum atomic E-state index is 12.4. The molecular formula is C25H29F3O5. The molecule has 0 heterocycles. The van der Waals surface area contributed by atoms with Crippen molar-refractivity contribution in [2.24, 2.45) is 5.92 Å². The minimum atomic E-state index is -4.72. The van der Waals surface area contributed by atoms with Crippen molar-refractivity contribution < 1.29 is 36.9 Å². The summed E-state index contributed by atoms with van der Waals surface area (Å²) < 4.78 is 57.8. The molecule has 2 aromatic carbocycles. The highest BCUT2D eigenvalue weighted by Gasteiger charge is 2.45. The molecule has 0 bridgehead atoms. The average molecular weight is 466 g/mol. The molecule has 0 aromatic heterocycles. The number of alkyl halides is 3. The van der Waals surface area contributed by atoms with Gasteiger partial charge in [-0.1, -0.05) is 24.3 Å². The molecule has 1 saturated carbocycles. The monoisotopic (exact) mass is 466 g/mol. The van der Waals surface area contributed by atoms with E-state index in [1.165, 1.54) is 12.1 Å². The van der Waals surface area contributed by atoms with Crippen LogP contribution in [0.3, 0.4) is 0 Å². The van der Waals surface area contributed by atoms with Crippen LogP contribution >= 0.6 is 0 Å². The summed E-state index contributed by atoms with van der Waals surface area (Å²) in [5.74, 6) is 0.381. The summed E-state index contributed by atoms with van der Waals surface area (Å²) in [6, 6.07) is 11.7. The van der Waals surface area contributed by atoms with Gasteiger partial charge in [0.15, 0.2) is 5.60 Å². The molecule has 0 amide bonds. The normalized spacial score (nSPS) is 19.0. The molecule has 3 rings (SSSR count). The van der Waals surface area contributed by atoms with Gasteiger partial charge in [-0.3, -0.25) is 0 Å². The van der Waals surface area contributed by atoms with E-state index < -0.39 is 17.9 Å². The minimum absolute atomic E-state index is 0.200. The Morgan fingerprint density at radius 1 is 1.09 bits per heavy atom. The van der Waals surface area contributed by atoms with Gasteiger partial charge in [0, 0.05) is 7.11 Å².